The lowest BCUT2D eigenvalue weighted by Gasteiger charge is -2.08. The molecule has 0 aliphatic carbocycles. The Balaban J connectivity index is 1.85. The van der Waals surface area contributed by atoms with Crippen molar-refractivity contribution in [3.63, 3.8) is 0 Å². The second-order valence-corrected chi connectivity index (χ2v) is 5.94. The SMILES string of the molecule is FC(F)(F)c1n[c]sc1CNCCc1ccc(Cl)c(Cl)c1. The first kappa shape index (κ1) is 16.5. The number of thiazole rings is 1. The molecule has 2 rings (SSSR count). The molecule has 0 aliphatic rings. The number of benzene rings is 1. The maximum absolute atomic E-state index is 12.6. The summed E-state index contributed by atoms with van der Waals surface area (Å²) >= 11 is 12.6. The highest BCUT2D eigenvalue weighted by Crippen LogP contribution is 2.32. The van der Waals surface area contributed by atoms with Crippen molar-refractivity contribution >= 4 is 34.5 Å². The van der Waals surface area contributed by atoms with Crippen LogP contribution in [0.2, 0.25) is 10.0 Å². The Labute approximate surface area is 133 Å². The molecular formula is C13H10Cl2F3N2S. The molecule has 0 unspecified atom stereocenters. The van der Waals surface area contributed by atoms with Crippen molar-refractivity contribution in [1.29, 1.82) is 0 Å². The van der Waals surface area contributed by atoms with Crippen molar-refractivity contribution in [2.45, 2.75) is 19.1 Å². The highest BCUT2D eigenvalue weighted by molar-refractivity contribution is 7.09. The first-order valence-electron chi connectivity index (χ1n) is 5.95. The van der Waals surface area contributed by atoms with E-state index in [0.717, 1.165) is 16.9 Å². The quantitative estimate of drug-likeness (QED) is 0.794. The molecule has 0 fully saturated rings. The fourth-order valence-electron chi connectivity index (χ4n) is 1.71. The van der Waals surface area contributed by atoms with Gasteiger partial charge in [0.2, 0.25) is 0 Å². The van der Waals surface area contributed by atoms with E-state index >= 15 is 0 Å². The predicted molar refractivity (Wildman–Crippen MR) is 77.8 cm³/mol. The summed E-state index contributed by atoms with van der Waals surface area (Å²) in [7, 11) is 0. The number of rotatable bonds is 5. The minimum atomic E-state index is -4.43. The highest BCUT2D eigenvalue weighted by Gasteiger charge is 2.36. The lowest BCUT2D eigenvalue weighted by atomic mass is 10.1. The molecule has 0 aliphatic heterocycles. The first-order valence-corrected chi connectivity index (χ1v) is 7.53. The van der Waals surface area contributed by atoms with Crippen molar-refractivity contribution < 1.29 is 13.2 Å². The van der Waals surface area contributed by atoms with E-state index in [-0.39, 0.29) is 11.4 Å². The summed E-state index contributed by atoms with van der Waals surface area (Å²) < 4.78 is 37.8. The van der Waals surface area contributed by atoms with Gasteiger partial charge in [-0.2, -0.15) is 13.2 Å². The van der Waals surface area contributed by atoms with Crippen LogP contribution >= 0.6 is 34.5 Å². The summed E-state index contributed by atoms with van der Waals surface area (Å²) in [4.78, 5) is 3.38. The van der Waals surface area contributed by atoms with Gasteiger partial charge in [0.1, 0.15) is 0 Å². The van der Waals surface area contributed by atoms with Crippen LogP contribution in [0.5, 0.6) is 0 Å². The van der Waals surface area contributed by atoms with Crippen molar-refractivity contribution in [1.82, 2.24) is 10.3 Å². The van der Waals surface area contributed by atoms with Gasteiger partial charge < -0.3 is 5.32 Å². The van der Waals surface area contributed by atoms with E-state index in [4.69, 9.17) is 23.2 Å². The van der Waals surface area contributed by atoms with Crippen LogP contribution in [0.3, 0.4) is 0 Å². The molecule has 1 N–H and O–H groups in total. The van der Waals surface area contributed by atoms with Crippen molar-refractivity contribution in [3.8, 4) is 0 Å². The van der Waals surface area contributed by atoms with Gasteiger partial charge >= 0.3 is 6.18 Å². The third-order valence-electron chi connectivity index (χ3n) is 2.72. The number of alkyl halides is 3. The lowest BCUT2D eigenvalue weighted by molar-refractivity contribution is -0.141. The van der Waals surface area contributed by atoms with E-state index in [9.17, 15) is 13.2 Å². The zero-order chi connectivity index (χ0) is 15.5. The van der Waals surface area contributed by atoms with Crippen LogP contribution in [0.1, 0.15) is 16.1 Å². The molecule has 0 atom stereocenters. The maximum Gasteiger partial charge on any atom is 0.434 e. The second kappa shape index (κ2) is 6.96. The van der Waals surface area contributed by atoms with E-state index in [1.54, 1.807) is 12.1 Å². The van der Waals surface area contributed by atoms with Crippen LogP contribution in [-0.2, 0) is 19.1 Å². The Morgan fingerprint density at radius 1 is 1.24 bits per heavy atom. The van der Waals surface area contributed by atoms with E-state index in [1.165, 1.54) is 0 Å². The topological polar surface area (TPSA) is 24.9 Å². The molecule has 1 radical (unpaired) electrons. The normalized spacial score (nSPS) is 11.9. The Kier molecular flexibility index (Phi) is 5.48. The summed E-state index contributed by atoms with van der Waals surface area (Å²) in [5, 5.41) is 3.90. The van der Waals surface area contributed by atoms with Gasteiger partial charge in [0, 0.05) is 6.54 Å². The predicted octanol–water partition coefficient (Wildman–Crippen LogP) is 4.60. The zero-order valence-corrected chi connectivity index (χ0v) is 12.9. The van der Waals surface area contributed by atoms with Crippen LogP contribution in [0, 0.1) is 5.51 Å². The molecule has 1 aromatic heterocycles. The van der Waals surface area contributed by atoms with Crippen molar-refractivity contribution in [3.05, 3.63) is 49.9 Å². The van der Waals surface area contributed by atoms with E-state index in [0.29, 0.717) is 23.0 Å². The summed E-state index contributed by atoms with van der Waals surface area (Å²) in [5.74, 6) is 0. The molecule has 0 saturated carbocycles. The van der Waals surface area contributed by atoms with Crippen molar-refractivity contribution in [2.75, 3.05) is 6.54 Å². The largest absolute Gasteiger partial charge is 0.434 e. The highest BCUT2D eigenvalue weighted by atomic mass is 35.5. The second-order valence-electron chi connectivity index (χ2n) is 4.25. The van der Waals surface area contributed by atoms with Gasteiger partial charge in [-0.05, 0) is 30.7 Å². The van der Waals surface area contributed by atoms with Gasteiger partial charge in [-0.3, -0.25) is 0 Å². The Morgan fingerprint density at radius 2 is 2.00 bits per heavy atom. The molecule has 0 saturated heterocycles. The number of nitrogens with one attached hydrogen (secondary N) is 1. The molecular weight excluding hydrogens is 344 g/mol. The molecule has 0 bridgehead atoms. The van der Waals surface area contributed by atoms with Crippen LogP contribution < -0.4 is 5.32 Å². The Hall–Kier alpha value is -0.820. The van der Waals surface area contributed by atoms with Crippen LogP contribution in [0.4, 0.5) is 13.2 Å². The number of hydrogen-bond acceptors (Lipinski definition) is 3. The summed E-state index contributed by atoms with van der Waals surface area (Å²) in [5.41, 5.74) is 2.37. The van der Waals surface area contributed by atoms with Gasteiger partial charge in [-0.1, -0.05) is 29.3 Å². The molecule has 1 heterocycles. The summed E-state index contributed by atoms with van der Waals surface area (Å²) in [6.45, 7) is 0.629. The Bertz CT molecular complexity index is 614. The lowest BCUT2D eigenvalue weighted by Crippen LogP contribution is -2.18. The summed E-state index contributed by atoms with van der Waals surface area (Å²) in [6.07, 6.45) is -3.79. The number of aromatic nitrogens is 1. The van der Waals surface area contributed by atoms with E-state index in [1.807, 2.05) is 6.07 Å². The minimum Gasteiger partial charge on any atom is -0.311 e. The summed E-state index contributed by atoms with van der Waals surface area (Å²) in [6, 6.07) is 5.27. The van der Waals surface area contributed by atoms with Gasteiger partial charge in [0.05, 0.1) is 14.9 Å². The number of halogens is 5. The van der Waals surface area contributed by atoms with Crippen LogP contribution in [0.25, 0.3) is 0 Å². The molecule has 2 nitrogen and oxygen atoms in total. The molecule has 0 spiro atoms. The molecule has 8 heteroatoms. The molecule has 21 heavy (non-hydrogen) atoms. The third-order valence-corrected chi connectivity index (χ3v) is 4.22. The smallest absolute Gasteiger partial charge is 0.311 e. The molecule has 113 valence electrons. The fourth-order valence-corrected chi connectivity index (χ4v) is 2.71. The van der Waals surface area contributed by atoms with Gasteiger partial charge in [0.15, 0.2) is 11.2 Å². The average molecular weight is 354 g/mol. The maximum atomic E-state index is 12.6. The molecule has 1 aromatic carbocycles. The number of hydrogen-bond donors (Lipinski definition) is 1. The fraction of sp³-hybridized carbons (Fsp3) is 0.308. The van der Waals surface area contributed by atoms with E-state index in [2.05, 4.69) is 15.8 Å². The molecule has 0 amide bonds. The van der Waals surface area contributed by atoms with Gasteiger partial charge in [0.25, 0.3) is 0 Å². The van der Waals surface area contributed by atoms with Crippen molar-refractivity contribution in [2.24, 2.45) is 0 Å². The van der Waals surface area contributed by atoms with Gasteiger partial charge in [-0.25, -0.2) is 4.98 Å². The average Bonchev–Trinajstić information content (AvgIpc) is 2.87. The Morgan fingerprint density at radius 3 is 2.67 bits per heavy atom. The molecule has 2 aromatic rings. The monoisotopic (exact) mass is 353 g/mol. The van der Waals surface area contributed by atoms with Gasteiger partial charge in [-0.15, -0.1) is 11.3 Å². The number of nitrogens with zero attached hydrogens (tertiary/aromatic N) is 1. The van der Waals surface area contributed by atoms with Crippen LogP contribution in [-0.4, -0.2) is 11.5 Å². The zero-order valence-electron chi connectivity index (χ0n) is 10.6. The van der Waals surface area contributed by atoms with E-state index < -0.39 is 11.9 Å². The standard InChI is InChI=1S/C13H10Cl2F3N2S/c14-9-2-1-8(5-10(9)15)3-4-19-6-11-12(13(16,17)18)20-7-21-11/h1-2,5,19H,3-4,6H2. The first-order chi connectivity index (χ1) is 9.88. The third kappa shape index (κ3) is 4.57. The van der Waals surface area contributed by atoms with Crippen LogP contribution in [0.15, 0.2) is 18.2 Å². The minimum absolute atomic E-state index is 0.108.